The third kappa shape index (κ3) is 4.79. The van der Waals surface area contributed by atoms with Crippen LogP contribution < -0.4 is 4.31 Å². The van der Waals surface area contributed by atoms with Crippen molar-refractivity contribution in [3.05, 3.63) is 59.7 Å². The van der Waals surface area contributed by atoms with E-state index in [0.29, 0.717) is 0 Å². The van der Waals surface area contributed by atoms with Crippen LogP contribution in [0.1, 0.15) is 22.8 Å². The summed E-state index contributed by atoms with van der Waals surface area (Å²) in [6, 6.07) is 11.7. The molecule has 0 amide bonds. The summed E-state index contributed by atoms with van der Waals surface area (Å²) in [6.45, 7) is 3.06. The van der Waals surface area contributed by atoms with Crippen molar-refractivity contribution in [2.45, 2.75) is 18.7 Å². The Hall–Kier alpha value is -3.00. The highest BCUT2D eigenvalue weighted by atomic mass is 32.2. The summed E-state index contributed by atoms with van der Waals surface area (Å²) < 4.78 is 31.7. The van der Waals surface area contributed by atoms with Crippen molar-refractivity contribution in [1.82, 2.24) is 0 Å². The van der Waals surface area contributed by atoms with Crippen molar-refractivity contribution in [3.8, 4) is 0 Å². The molecule has 2 aromatic carbocycles. The lowest BCUT2D eigenvalue weighted by Crippen LogP contribution is -2.36. The Labute approximate surface area is 157 Å². The zero-order valence-corrected chi connectivity index (χ0v) is 15.7. The summed E-state index contributed by atoms with van der Waals surface area (Å²) in [5.41, 5.74) is 1.28. The molecule has 0 saturated carbocycles. The standard InChI is InChI=1S/C19H19NO6S/c1-3-26-19(23)15-6-8-16(9-7-15)20(12-17(22)13-21)27(24,25)18-10-4-14(2)5-11-18/h4-11,13H,3,12H2,1-2H3. The summed E-state index contributed by atoms with van der Waals surface area (Å²) in [5.74, 6) is -1.43. The number of carbonyl (C=O) groups excluding carboxylic acids is 3. The Morgan fingerprint density at radius 3 is 2.15 bits per heavy atom. The highest BCUT2D eigenvalue weighted by molar-refractivity contribution is 7.92. The fourth-order valence-electron chi connectivity index (χ4n) is 2.31. The maximum atomic E-state index is 13.0. The second-order valence-electron chi connectivity index (χ2n) is 5.68. The number of ether oxygens (including phenoxy) is 1. The van der Waals surface area contributed by atoms with Crippen molar-refractivity contribution >= 4 is 33.7 Å². The topological polar surface area (TPSA) is 97.8 Å². The van der Waals surface area contributed by atoms with Crippen LogP contribution in [0, 0.1) is 6.92 Å². The van der Waals surface area contributed by atoms with Gasteiger partial charge in [0.1, 0.15) is 6.54 Å². The minimum atomic E-state index is -4.08. The van der Waals surface area contributed by atoms with Gasteiger partial charge in [0.2, 0.25) is 5.78 Å². The normalized spacial score (nSPS) is 10.9. The first kappa shape index (κ1) is 20.3. The zero-order valence-electron chi connectivity index (χ0n) is 14.9. The molecule has 8 heteroatoms. The molecular formula is C19H19NO6S. The van der Waals surface area contributed by atoms with E-state index >= 15 is 0 Å². The van der Waals surface area contributed by atoms with Crippen LogP contribution in [0.3, 0.4) is 0 Å². The molecule has 0 aliphatic heterocycles. The van der Waals surface area contributed by atoms with E-state index in [2.05, 4.69) is 0 Å². The molecule has 0 aromatic heterocycles. The average molecular weight is 389 g/mol. The first-order valence-corrected chi connectivity index (χ1v) is 9.58. The third-order valence-corrected chi connectivity index (χ3v) is 5.49. The van der Waals surface area contributed by atoms with Crippen LogP contribution in [0.5, 0.6) is 0 Å². The van der Waals surface area contributed by atoms with Gasteiger partial charge in [-0.25, -0.2) is 13.2 Å². The van der Waals surface area contributed by atoms with Gasteiger partial charge in [-0.2, -0.15) is 0 Å². The molecule has 142 valence electrons. The second-order valence-corrected chi connectivity index (χ2v) is 7.54. The predicted octanol–water partition coefficient (Wildman–Crippen LogP) is 2.14. The SMILES string of the molecule is CCOC(=O)c1ccc(N(CC(=O)C=O)S(=O)(=O)c2ccc(C)cc2)cc1. The van der Waals surface area contributed by atoms with Crippen molar-refractivity contribution < 1.29 is 27.5 Å². The number of hydrogen-bond acceptors (Lipinski definition) is 6. The zero-order chi connectivity index (χ0) is 20.0. The fraction of sp³-hybridized carbons (Fsp3) is 0.211. The molecule has 0 spiro atoms. The van der Waals surface area contributed by atoms with Crippen LogP contribution in [-0.2, 0) is 24.3 Å². The van der Waals surface area contributed by atoms with E-state index in [1.807, 2.05) is 6.92 Å². The number of Topliss-reactive ketones (excluding diaryl/α,β-unsaturated/α-hetero) is 1. The number of benzene rings is 2. The molecule has 27 heavy (non-hydrogen) atoms. The number of anilines is 1. The Morgan fingerprint density at radius 1 is 1.04 bits per heavy atom. The van der Waals surface area contributed by atoms with E-state index < -0.39 is 28.3 Å². The smallest absolute Gasteiger partial charge is 0.338 e. The average Bonchev–Trinajstić information content (AvgIpc) is 2.66. The molecular weight excluding hydrogens is 370 g/mol. The van der Waals surface area contributed by atoms with Crippen LogP contribution >= 0.6 is 0 Å². The Kier molecular flexibility index (Phi) is 6.46. The van der Waals surface area contributed by atoms with Gasteiger partial charge >= 0.3 is 5.97 Å². The lowest BCUT2D eigenvalue weighted by molar-refractivity contribution is -0.128. The molecule has 0 bridgehead atoms. The largest absolute Gasteiger partial charge is 0.462 e. The number of ketones is 1. The number of esters is 1. The number of hydrogen-bond donors (Lipinski definition) is 0. The minimum Gasteiger partial charge on any atom is -0.462 e. The van der Waals surface area contributed by atoms with Gasteiger partial charge in [-0.1, -0.05) is 17.7 Å². The molecule has 0 heterocycles. The van der Waals surface area contributed by atoms with Gasteiger partial charge in [-0.3, -0.25) is 13.9 Å². The van der Waals surface area contributed by atoms with Crippen molar-refractivity contribution in [1.29, 1.82) is 0 Å². The summed E-state index contributed by atoms with van der Waals surface area (Å²) >= 11 is 0. The quantitative estimate of drug-likeness (QED) is 0.390. The lowest BCUT2D eigenvalue weighted by atomic mass is 10.2. The van der Waals surface area contributed by atoms with Crippen LogP contribution in [0.15, 0.2) is 53.4 Å². The van der Waals surface area contributed by atoms with E-state index in [4.69, 9.17) is 4.74 Å². The molecule has 0 aliphatic rings. The molecule has 0 atom stereocenters. The molecule has 2 aromatic rings. The van der Waals surface area contributed by atoms with Crippen molar-refractivity contribution in [2.75, 3.05) is 17.5 Å². The first-order chi connectivity index (χ1) is 12.8. The van der Waals surface area contributed by atoms with Crippen molar-refractivity contribution in [2.24, 2.45) is 0 Å². The molecule has 0 unspecified atom stereocenters. The van der Waals surface area contributed by atoms with Gasteiger partial charge < -0.3 is 4.74 Å². The third-order valence-electron chi connectivity index (χ3n) is 3.71. The molecule has 7 nitrogen and oxygen atoms in total. The van der Waals surface area contributed by atoms with Crippen LogP contribution in [-0.4, -0.2) is 39.6 Å². The monoisotopic (exact) mass is 389 g/mol. The van der Waals surface area contributed by atoms with Gasteiger partial charge in [-0.15, -0.1) is 0 Å². The van der Waals surface area contributed by atoms with Crippen LogP contribution in [0.2, 0.25) is 0 Å². The highest BCUT2D eigenvalue weighted by Gasteiger charge is 2.27. The Morgan fingerprint density at radius 2 is 1.63 bits per heavy atom. The van der Waals surface area contributed by atoms with Gasteiger partial charge in [0.25, 0.3) is 10.0 Å². The minimum absolute atomic E-state index is 0.0127. The summed E-state index contributed by atoms with van der Waals surface area (Å²) in [5, 5.41) is 0. The number of aldehydes is 1. The van der Waals surface area contributed by atoms with E-state index in [1.165, 1.54) is 36.4 Å². The molecule has 2 rings (SSSR count). The number of nitrogens with zero attached hydrogens (tertiary/aromatic N) is 1. The van der Waals surface area contributed by atoms with Crippen molar-refractivity contribution in [3.63, 3.8) is 0 Å². The number of rotatable bonds is 8. The fourth-order valence-corrected chi connectivity index (χ4v) is 3.74. The maximum Gasteiger partial charge on any atom is 0.338 e. The lowest BCUT2D eigenvalue weighted by Gasteiger charge is -2.23. The summed E-state index contributed by atoms with van der Waals surface area (Å²) in [4.78, 5) is 34.1. The highest BCUT2D eigenvalue weighted by Crippen LogP contribution is 2.24. The van der Waals surface area contributed by atoms with Crippen LogP contribution in [0.4, 0.5) is 5.69 Å². The Balaban J connectivity index is 2.45. The summed E-state index contributed by atoms with van der Waals surface area (Å²) in [7, 11) is -4.08. The van der Waals surface area contributed by atoms with E-state index in [-0.39, 0.29) is 29.0 Å². The molecule has 0 fully saturated rings. The van der Waals surface area contributed by atoms with Gasteiger partial charge in [-0.05, 0) is 50.2 Å². The van der Waals surface area contributed by atoms with E-state index in [0.717, 1.165) is 9.87 Å². The molecule has 0 N–H and O–H groups in total. The van der Waals surface area contributed by atoms with E-state index in [1.54, 1.807) is 19.1 Å². The molecule has 0 saturated heterocycles. The van der Waals surface area contributed by atoms with Crippen LogP contribution in [0.25, 0.3) is 0 Å². The van der Waals surface area contributed by atoms with Gasteiger partial charge in [0.05, 0.1) is 22.8 Å². The number of carbonyl (C=O) groups is 3. The first-order valence-electron chi connectivity index (χ1n) is 8.14. The van der Waals surface area contributed by atoms with Gasteiger partial charge in [0, 0.05) is 0 Å². The van der Waals surface area contributed by atoms with Gasteiger partial charge in [0.15, 0.2) is 6.29 Å². The number of aryl methyl sites for hydroxylation is 1. The molecule has 0 radical (unpaired) electrons. The maximum absolute atomic E-state index is 13.0. The Bertz CT molecular complexity index is 933. The molecule has 0 aliphatic carbocycles. The second kappa shape index (κ2) is 8.59. The number of sulfonamides is 1. The summed E-state index contributed by atoms with van der Waals surface area (Å²) in [6.07, 6.45) is 0.0741. The predicted molar refractivity (Wildman–Crippen MR) is 99.2 cm³/mol. The van der Waals surface area contributed by atoms with E-state index in [9.17, 15) is 22.8 Å².